The van der Waals surface area contributed by atoms with Gasteiger partial charge in [0, 0.05) is 47.1 Å². The van der Waals surface area contributed by atoms with E-state index in [1.807, 2.05) is 63.4 Å². The normalized spacial score (nSPS) is 11.3. The molecule has 2 aromatic heterocycles. The lowest BCUT2D eigenvalue weighted by atomic mass is 9.81. The molecule has 2 heterocycles. The molecule has 0 spiro atoms. The van der Waals surface area contributed by atoms with Gasteiger partial charge in [-0.05, 0) is 50.6 Å². The fourth-order valence-corrected chi connectivity index (χ4v) is 3.95. The van der Waals surface area contributed by atoms with Gasteiger partial charge in [-0.15, -0.1) is 0 Å². The number of methoxy groups -OCH3 is 1. The Kier molecular flexibility index (Phi) is 6.88. The second-order valence-electron chi connectivity index (χ2n) is 9.60. The van der Waals surface area contributed by atoms with Gasteiger partial charge >= 0.3 is 0 Å². The molecule has 0 aliphatic rings. The molecular formula is C28H30BN4O3. The van der Waals surface area contributed by atoms with Crippen LogP contribution in [0.25, 0.3) is 33.3 Å². The molecule has 0 bridgehead atoms. The molecule has 0 aliphatic carbocycles. The number of fused-ring (bicyclic) bond motifs is 1. The van der Waals surface area contributed by atoms with E-state index in [1.165, 1.54) is 7.28 Å². The van der Waals surface area contributed by atoms with Crippen molar-refractivity contribution in [2.45, 2.75) is 33.1 Å². The number of carbonyl (C=O) groups excluding carboxylic acids is 2. The van der Waals surface area contributed by atoms with Crippen LogP contribution in [0.15, 0.2) is 60.9 Å². The minimum absolute atomic E-state index is 0.179. The summed E-state index contributed by atoms with van der Waals surface area (Å²) in [5, 5.41) is 3.76. The highest BCUT2D eigenvalue weighted by Crippen LogP contribution is 2.36. The highest BCUT2D eigenvalue weighted by Gasteiger charge is 2.26. The summed E-state index contributed by atoms with van der Waals surface area (Å²) in [4.78, 5) is 35.1. The fourth-order valence-electron chi connectivity index (χ4n) is 3.95. The van der Waals surface area contributed by atoms with Crippen molar-refractivity contribution in [1.82, 2.24) is 14.9 Å². The zero-order valence-corrected chi connectivity index (χ0v) is 21.5. The topological polar surface area (TPSA) is 87.3 Å². The first-order chi connectivity index (χ1) is 17.1. The van der Waals surface area contributed by atoms with E-state index in [1.54, 1.807) is 38.1 Å². The number of aromatic nitrogens is 2. The Balaban J connectivity index is 1.83. The van der Waals surface area contributed by atoms with Crippen molar-refractivity contribution in [2.75, 3.05) is 19.5 Å². The number of para-hydroxylation sites is 1. The Morgan fingerprint density at radius 3 is 2.50 bits per heavy atom. The van der Waals surface area contributed by atoms with Crippen LogP contribution in [0.5, 0.6) is 5.75 Å². The molecule has 0 aliphatic heterocycles. The van der Waals surface area contributed by atoms with Gasteiger partial charge in [0.1, 0.15) is 11.4 Å². The predicted octanol–water partition coefficient (Wildman–Crippen LogP) is 6.06. The summed E-state index contributed by atoms with van der Waals surface area (Å²) in [7, 11) is 4.85. The maximum atomic E-state index is 13.5. The lowest BCUT2D eigenvalue weighted by Crippen LogP contribution is -2.42. The Morgan fingerprint density at radius 2 is 1.81 bits per heavy atom. The third kappa shape index (κ3) is 4.84. The number of aromatic amines is 1. The van der Waals surface area contributed by atoms with Crippen LogP contribution < -0.4 is 10.1 Å². The predicted molar refractivity (Wildman–Crippen MR) is 146 cm³/mol. The molecule has 0 unspecified atom stereocenters. The maximum Gasteiger partial charge on any atom is 0.256 e. The van der Waals surface area contributed by atoms with E-state index >= 15 is 0 Å². The Morgan fingerprint density at radius 1 is 1.06 bits per heavy atom. The van der Waals surface area contributed by atoms with E-state index in [2.05, 4.69) is 21.4 Å². The van der Waals surface area contributed by atoms with Crippen LogP contribution in [0, 0.1) is 0 Å². The van der Waals surface area contributed by atoms with E-state index < -0.39 is 0 Å². The molecule has 2 amide bonds. The fraction of sp³-hybridized carbons (Fsp3) is 0.250. The van der Waals surface area contributed by atoms with Crippen molar-refractivity contribution in [2.24, 2.45) is 0 Å². The Labute approximate surface area is 212 Å². The van der Waals surface area contributed by atoms with Gasteiger partial charge in [0.15, 0.2) is 5.81 Å². The quantitative estimate of drug-likeness (QED) is 0.328. The van der Waals surface area contributed by atoms with Gasteiger partial charge in [-0.3, -0.25) is 9.59 Å². The molecule has 2 aromatic carbocycles. The second kappa shape index (κ2) is 9.89. The summed E-state index contributed by atoms with van der Waals surface area (Å²) in [6.07, 6.45) is 3.70. The van der Waals surface area contributed by atoms with Crippen molar-refractivity contribution in [3.8, 4) is 28.0 Å². The highest BCUT2D eigenvalue weighted by atomic mass is 16.5. The summed E-state index contributed by atoms with van der Waals surface area (Å²) < 4.78 is 5.57. The van der Waals surface area contributed by atoms with Crippen molar-refractivity contribution in [3.05, 3.63) is 66.5 Å². The van der Waals surface area contributed by atoms with Crippen LogP contribution in [-0.4, -0.2) is 53.6 Å². The molecule has 7 nitrogen and oxygen atoms in total. The molecule has 4 rings (SSSR count). The van der Waals surface area contributed by atoms with Gasteiger partial charge in [-0.25, -0.2) is 4.98 Å². The first kappa shape index (κ1) is 25.0. The molecule has 183 valence electrons. The van der Waals surface area contributed by atoms with Crippen molar-refractivity contribution in [1.29, 1.82) is 0 Å². The number of benzene rings is 2. The Bertz CT molecular complexity index is 1440. The number of carbonyl (C=O) groups is 2. The monoisotopic (exact) mass is 481 g/mol. The van der Waals surface area contributed by atoms with Crippen LogP contribution in [0.4, 0.5) is 10.5 Å². The molecule has 0 atom stereocenters. The van der Waals surface area contributed by atoms with Crippen LogP contribution in [0.2, 0.25) is 6.82 Å². The molecule has 0 fully saturated rings. The number of H-pyrrole nitrogens is 1. The summed E-state index contributed by atoms with van der Waals surface area (Å²) in [5.41, 5.74) is 4.86. The minimum Gasteiger partial charge on any atom is -0.496 e. The van der Waals surface area contributed by atoms with E-state index in [-0.39, 0.29) is 17.3 Å². The number of hydrogen-bond acceptors (Lipinski definition) is 4. The van der Waals surface area contributed by atoms with E-state index in [9.17, 15) is 9.59 Å². The number of anilines is 1. The number of ether oxygens (including phenoxy) is 1. The summed E-state index contributed by atoms with van der Waals surface area (Å²) in [5.74, 6) is 0.322. The zero-order chi connectivity index (χ0) is 26.0. The number of hydrogen-bond donors (Lipinski definition) is 2. The maximum absolute atomic E-state index is 13.5. The third-order valence-electron chi connectivity index (χ3n) is 6.34. The smallest absolute Gasteiger partial charge is 0.256 e. The van der Waals surface area contributed by atoms with Crippen molar-refractivity contribution in [3.63, 3.8) is 0 Å². The van der Waals surface area contributed by atoms with Crippen LogP contribution >= 0.6 is 0 Å². The van der Waals surface area contributed by atoms with Gasteiger partial charge in [-0.2, -0.15) is 0 Å². The SMILES string of the molecule is C[B]C(=O)Nc1ccc(-c2cnc3[nH]cc(-c4ccccc4OC)c3c2)cc1C(=O)N(C)C(C)(C)C. The van der Waals surface area contributed by atoms with Gasteiger partial charge in [0.2, 0.25) is 7.28 Å². The average molecular weight is 481 g/mol. The second-order valence-corrected chi connectivity index (χ2v) is 9.60. The van der Waals surface area contributed by atoms with Crippen molar-refractivity contribution >= 4 is 35.7 Å². The molecular weight excluding hydrogens is 451 g/mol. The minimum atomic E-state index is -0.388. The molecule has 8 heteroatoms. The molecule has 36 heavy (non-hydrogen) atoms. The summed E-state index contributed by atoms with van der Waals surface area (Å²) in [6.45, 7) is 7.56. The average Bonchev–Trinajstić information content (AvgIpc) is 3.30. The largest absolute Gasteiger partial charge is 0.496 e. The Hall–Kier alpha value is -4.07. The molecule has 0 saturated carbocycles. The van der Waals surface area contributed by atoms with Crippen LogP contribution in [-0.2, 0) is 0 Å². The van der Waals surface area contributed by atoms with E-state index in [4.69, 9.17) is 4.74 Å². The standard InChI is InChI=1S/C28H30BN4O3/c1-28(2,3)33(5)26(34)21-13-17(11-12-23(21)32-27(35)29-4)18-14-20-22(16-31-25(20)30-15-18)19-9-7-8-10-24(19)36-6/h7-16H,1-6H3,(H,30,31)(H,32,35). The van der Waals surface area contributed by atoms with E-state index in [0.717, 1.165) is 39.0 Å². The lowest BCUT2D eigenvalue weighted by molar-refractivity contribution is 0.0657. The summed E-state index contributed by atoms with van der Waals surface area (Å²) in [6, 6.07) is 15.4. The highest BCUT2D eigenvalue weighted by molar-refractivity contribution is 6.74. The molecule has 2 N–H and O–H groups in total. The van der Waals surface area contributed by atoms with Gasteiger partial charge < -0.3 is 19.9 Å². The zero-order valence-electron chi connectivity index (χ0n) is 21.5. The molecule has 1 radical (unpaired) electrons. The molecule has 0 saturated heterocycles. The number of amides is 2. The number of pyridine rings is 1. The number of nitrogens with one attached hydrogen (secondary N) is 2. The van der Waals surface area contributed by atoms with Crippen LogP contribution in [0.3, 0.4) is 0 Å². The molecule has 4 aromatic rings. The number of rotatable bonds is 6. The van der Waals surface area contributed by atoms with Crippen molar-refractivity contribution < 1.29 is 14.3 Å². The lowest BCUT2D eigenvalue weighted by Gasteiger charge is -2.32. The first-order valence-electron chi connectivity index (χ1n) is 11.8. The van der Waals surface area contributed by atoms with Gasteiger partial charge in [-0.1, -0.05) is 31.1 Å². The third-order valence-corrected chi connectivity index (χ3v) is 6.34. The van der Waals surface area contributed by atoms with Gasteiger partial charge in [0.05, 0.1) is 18.4 Å². The summed E-state index contributed by atoms with van der Waals surface area (Å²) >= 11 is 0. The first-order valence-corrected chi connectivity index (χ1v) is 11.8. The van der Waals surface area contributed by atoms with E-state index in [0.29, 0.717) is 11.3 Å². The van der Waals surface area contributed by atoms with Crippen LogP contribution in [0.1, 0.15) is 31.1 Å². The number of nitrogens with zero attached hydrogens (tertiary/aromatic N) is 2. The van der Waals surface area contributed by atoms with Gasteiger partial charge in [0.25, 0.3) is 5.91 Å².